The molecule has 33 heavy (non-hydrogen) atoms. The lowest BCUT2D eigenvalue weighted by Crippen LogP contribution is -2.35. The van der Waals surface area contributed by atoms with E-state index < -0.39 is 6.10 Å². The highest BCUT2D eigenvalue weighted by molar-refractivity contribution is 8.00. The SMILES string of the molecule is CC(O)COc1cccc(NC(=O)c2ccc(NSCCO)cc2N2CCC3(CC2)CC3)n1. The van der Waals surface area contributed by atoms with Gasteiger partial charge in [0.2, 0.25) is 5.88 Å². The predicted octanol–water partition coefficient (Wildman–Crippen LogP) is 3.53. The molecule has 4 rings (SSSR count). The first-order valence-corrected chi connectivity index (χ1v) is 12.4. The first-order valence-electron chi connectivity index (χ1n) is 11.4. The number of carbonyl (C=O) groups is 1. The minimum Gasteiger partial charge on any atom is -0.475 e. The maximum atomic E-state index is 13.2. The monoisotopic (exact) mass is 472 g/mol. The number of aliphatic hydroxyl groups is 2. The van der Waals surface area contributed by atoms with Gasteiger partial charge in [-0.05, 0) is 62.3 Å². The molecule has 2 aliphatic rings. The van der Waals surface area contributed by atoms with E-state index in [-0.39, 0.29) is 19.1 Å². The standard InChI is InChI=1S/C24H32N4O4S/c1-17(30)16-32-22-4-2-3-21(25-22)26-23(31)19-6-5-18(27-33-14-13-29)15-20(19)28-11-9-24(7-8-24)10-12-28/h2-6,15,17,27,29-30H,7-14,16H2,1H3,(H,25,26,31). The summed E-state index contributed by atoms with van der Waals surface area (Å²) < 4.78 is 8.70. The van der Waals surface area contributed by atoms with Crippen molar-refractivity contribution in [3.05, 3.63) is 42.0 Å². The van der Waals surface area contributed by atoms with Gasteiger partial charge in [-0.2, -0.15) is 4.98 Å². The van der Waals surface area contributed by atoms with Crippen LogP contribution in [0.25, 0.3) is 0 Å². The van der Waals surface area contributed by atoms with Crippen LogP contribution >= 0.6 is 11.9 Å². The Morgan fingerprint density at radius 2 is 2.03 bits per heavy atom. The number of pyridine rings is 1. The number of hydrogen-bond donors (Lipinski definition) is 4. The molecular formula is C24H32N4O4S. The summed E-state index contributed by atoms with van der Waals surface area (Å²) in [6.45, 7) is 3.75. The number of anilines is 3. The van der Waals surface area contributed by atoms with Crippen LogP contribution in [0, 0.1) is 5.41 Å². The third-order valence-corrected chi connectivity index (χ3v) is 6.95. The van der Waals surface area contributed by atoms with Crippen molar-refractivity contribution in [1.82, 2.24) is 4.98 Å². The third kappa shape index (κ3) is 6.31. The van der Waals surface area contributed by atoms with Gasteiger partial charge < -0.3 is 29.9 Å². The largest absolute Gasteiger partial charge is 0.475 e. The molecule has 9 heteroatoms. The molecule has 2 heterocycles. The summed E-state index contributed by atoms with van der Waals surface area (Å²) in [4.78, 5) is 19.9. The molecule has 2 aromatic rings. The zero-order valence-electron chi connectivity index (χ0n) is 18.9. The Bertz CT molecular complexity index is 957. The molecule has 1 saturated carbocycles. The molecule has 1 spiro atoms. The fraction of sp³-hybridized carbons (Fsp3) is 0.500. The molecule has 2 fully saturated rings. The Morgan fingerprint density at radius 3 is 2.73 bits per heavy atom. The molecule has 0 radical (unpaired) electrons. The summed E-state index contributed by atoms with van der Waals surface area (Å²) in [6.07, 6.45) is 4.37. The molecule has 1 aromatic heterocycles. The second-order valence-electron chi connectivity index (χ2n) is 8.87. The lowest BCUT2D eigenvalue weighted by Gasteiger charge is -2.35. The highest BCUT2D eigenvalue weighted by atomic mass is 32.2. The summed E-state index contributed by atoms with van der Waals surface area (Å²) in [6, 6.07) is 10.9. The number of rotatable bonds is 10. The first-order chi connectivity index (χ1) is 16.0. The fourth-order valence-corrected chi connectivity index (χ4v) is 4.57. The van der Waals surface area contributed by atoms with Crippen molar-refractivity contribution < 1.29 is 19.7 Å². The number of benzene rings is 1. The van der Waals surface area contributed by atoms with Crippen LogP contribution in [0.1, 0.15) is 43.0 Å². The number of aliphatic hydroxyl groups excluding tert-OH is 2. The van der Waals surface area contributed by atoms with Gasteiger partial charge in [-0.15, -0.1) is 0 Å². The van der Waals surface area contributed by atoms with Crippen molar-refractivity contribution in [2.45, 2.75) is 38.7 Å². The molecule has 4 N–H and O–H groups in total. The molecule has 1 unspecified atom stereocenters. The number of amides is 1. The van der Waals surface area contributed by atoms with Gasteiger partial charge in [0, 0.05) is 30.6 Å². The average molecular weight is 473 g/mol. The normalized spacial score (nSPS) is 17.5. The van der Waals surface area contributed by atoms with Crippen LogP contribution < -0.4 is 19.7 Å². The maximum Gasteiger partial charge on any atom is 0.258 e. The minimum atomic E-state index is -0.602. The third-order valence-electron chi connectivity index (χ3n) is 6.19. The van der Waals surface area contributed by atoms with Crippen LogP contribution in [0.5, 0.6) is 5.88 Å². The van der Waals surface area contributed by atoms with E-state index in [9.17, 15) is 9.90 Å². The lowest BCUT2D eigenvalue weighted by atomic mass is 9.93. The van der Waals surface area contributed by atoms with Crippen LogP contribution in [-0.4, -0.2) is 59.3 Å². The molecule has 0 bridgehead atoms. The number of ether oxygens (including phenoxy) is 1. The van der Waals surface area contributed by atoms with E-state index in [4.69, 9.17) is 9.84 Å². The van der Waals surface area contributed by atoms with E-state index in [1.165, 1.54) is 24.8 Å². The molecule has 1 aliphatic carbocycles. The van der Waals surface area contributed by atoms with Crippen LogP contribution in [0.4, 0.5) is 17.2 Å². The van der Waals surface area contributed by atoms with Gasteiger partial charge in [-0.1, -0.05) is 18.0 Å². The number of piperidine rings is 1. The highest BCUT2D eigenvalue weighted by Crippen LogP contribution is 2.54. The number of nitrogens with one attached hydrogen (secondary N) is 2. The van der Waals surface area contributed by atoms with Gasteiger partial charge in [-0.3, -0.25) is 4.79 Å². The van der Waals surface area contributed by atoms with Crippen molar-refractivity contribution in [2.75, 3.05) is 47.0 Å². The van der Waals surface area contributed by atoms with E-state index in [1.807, 2.05) is 18.2 Å². The minimum absolute atomic E-state index is 0.103. The number of aromatic nitrogens is 1. The molecule has 178 valence electrons. The molecule has 1 aliphatic heterocycles. The van der Waals surface area contributed by atoms with Gasteiger partial charge in [0.05, 0.1) is 24.0 Å². The van der Waals surface area contributed by atoms with Crippen LogP contribution in [0.15, 0.2) is 36.4 Å². The Labute approximate surface area is 198 Å². The summed E-state index contributed by atoms with van der Waals surface area (Å²) >= 11 is 1.44. The Kier molecular flexibility index (Phi) is 7.62. The van der Waals surface area contributed by atoms with Crippen molar-refractivity contribution in [3.8, 4) is 5.88 Å². The Balaban J connectivity index is 1.51. The fourth-order valence-electron chi connectivity index (χ4n) is 4.08. The van der Waals surface area contributed by atoms with Gasteiger partial charge in [-0.25, -0.2) is 0 Å². The average Bonchev–Trinajstić information content (AvgIpc) is 3.57. The highest BCUT2D eigenvalue weighted by Gasteiger charge is 2.44. The van der Waals surface area contributed by atoms with Crippen molar-refractivity contribution in [3.63, 3.8) is 0 Å². The number of carbonyl (C=O) groups excluding carboxylic acids is 1. The molecule has 8 nitrogen and oxygen atoms in total. The second kappa shape index (κ2) is 10.6. The predicted molar refractivity (Wildman–Crippen MR) is 132 cm³/mol. The molecule has 1 amide bonds. The molecular weight excluding hydrogens is 440 g/mol. The Morgan fingerprint density at radius 1 is 1.24 bits per heavy atom. The van der Waals surface area contributed by atoms with Crippen molar-refractivity contribution in [2.24, 2.45) is 5.41 Å². The second-order valence-corrected chi connectivity index (χ2v) is 9.77. The van der Waals surface area contributed by atoms with E-state index in [0.29, 0.717) is 28.4 Å². The molecule has 1 aromatic carbocycles. The summed E-state index contributed by atoms with van der Waals surface area (Å²) in [5.74, 6) is 1.10. The van der Waals surface area contributed by atoms with Gasteiger partial charge in [0.25, 0.3) is 5.91 Å². The summed E-state index contributed by atoms with van der Waals surface area (Å²) in [5, 5.41) is 21.3. The zero-order valence-corrected chi connectivity index (χ0v) is 19.7. The van der Waals surface area contributed by atoms with Crippen molar-refractivity contribution >= 4 is 35.0 Å². The molecule has 1 atom stereocenters. The maximum absolute atomic E-state index is 13.2. The summed E-state index contributed by atoms with van der Waals surface area (Å²) in [7, 11) is 0. The quantitative estimate of drug-likeness (QED) is 0.307. The molecule has 1 saturated heterocycles. The zero-order chi connectivity index (χ0) is 23.3. The van der Waals surface area contributed by atoms with Crippen LogP contribution in [-0.2, 0) is 0 Å². The van der Waals surface area contributed by atoms with Gasteiger partial charge >= 0.3 is 0 Å². The van der Waals surface area contributed by atoms with Gasteiger partial charge in [0.1, 0.15) is 12.4 Å². The van der Waals surface area contributed by atoms with Crippen molar-refractivity contribution in [1.29, 1.82) is 0 Å². The smallest absolute Gasteiger partial charge is 0.258 e. The van der Waals surface area contributed by atoms with E-state index >= 15 is 0 Å². The lowest BCUT2D eigenvalue weighted by molar-refractivity contribution is 0.102. The number of hydrogen-bond acceptors (Lipinski definition) is 8. The van der Waals surface area contributed by atoms with Crippen LogP contribution in [0.3, 0.4) is 0 Å². The Hall–Kier alpha value is -2.49. The van der Waals surface area contributed by atoms with Crippen LogP contribution in [0.2, 0.25) is 0 Å². The first kappa shape index (κ1) is 23.7. The number of nitrogens with zero attached hydrogens (tertiary/aromatic N) is 2. The van der Waals surface area contributed by atoms with Gasteiger partial charge in [0.15, 0.2) is 0 Å². The topological polar surface area (TPSA) is 107 Å². The van der Waals surface area contributed by atoms with E-state index in [0.717, 1.165) is 37.3 Å². The van der Waals surface area contributed by atoms with E-state index in [2.05, 4.69) is 19.9 Å². The van der Waals surface area contributed by atoms with E-state index in [1.54, 1.807) is 25.1 Å². The summed E-state index contributed by atoms with van der Waals surface area (Å²) in [5.41, 5.74) is 2.94.